The van der Waals surface area contributed by atoms with Crippen LogP contribution in [0.3, 0.4) is 0 Å². The average molecular weight is 387 g/mol. The Labute approximate surface area is 166 Å². The minimum absolute atomic E-state index is 0.00616. The fraction of sp³-hybridized carbons (Fsp3) is 0.0952. The molecular weight excluding hydrogens is 370 g/mol. The molecule has 0 fully saturated rings. The molecule has 0 amide bonds. The molecule has 0 aliphatic carbocycles. The maximum atomic E-state index is 10.8. The Balaban J connectivity index is 1.77. The van der Waals surface area contributed by atoms with Gasteiger partial charge in [-0.25, -0.2) is 9.67 Å². The quantitative estimate of drug-likeness (QED) is 0.365. The van der Waals surface area contributed by atoms with E-state index in [4.69, 9.17) is 4.74 Å². The lowest BCUT2D eigenvalue weighted by atomic mass is 10.2. The van der Waals surface area contributed by atoms with Crippen LogP contribution in [0.15, 0.2) is 66.7 Å². The second kappa shape index (κ2) is 7.51. The van der Waals surface area contributed by atoms with Gasteiger partial charge < -0.3 is 4.74 Å². The molecule has 8 nitrogen and oxygen atoms in total. The fourth-order valence-corrected chi connectivity index (χ4v) is 2.91. The number of aromatic nitrogens is 4. The second-order valence-corrected chi connectivity index (χ2v) is 6.45. The summed E-state index contributed by atoms with van der Waals surface area (Å²) in [6.07, 6.45) is 0. The van der Waals surface area contributed by atoms with Crippen molar-refractivity contribution in [3.05, 3.63) is 88.2 Å². The van der Waals surface area contributed by atoms with Gasteiger partial charge >= 0.3 is 0 Å². The van der Waals surface area contributed by atoms with Crippen LogP contribution >= 0.6 is 0 Å². The molecule has 0 aliphatic heterocycles. The van der Waals surface area contributed by atoms with Gasteiger partial charge in [0.2, 0.25) is 5.88 Å². The summed E-state index contributed by atoms with van der Waals surface area (Å²) in [5.74, 6) is 1.82. The molecule has 29 heavy (non-hydrogen) atoms. The van der Waals surface area contributed by atoms with E-state index in [1.807, 2.05) is 50.2 Å². The Morgan fingerprint density at radius 3 is 2.31 bits per heavy atom. The molecule has 4 aromatic rings. The van der Waals surface area contributed by atoms with E-state index in [2.05, 4.69) is 15.1 Å². The molecule has 0 atom stereocenters. The number of hydrogen-bond acceptors (Lipinski definition) is 6. The van der Waals surface area contributed by atoms with Crippen LogP contribution < -0.4 is 4.74 Å². The number of non-ortho nitro benzene ring substituents is 1. The van der Waals surface area contributed by atoms with Crippen LogP contribution in [0.5, 0.6) is 11.6 Å². The van der Waals surface area contributed by atoms with Crippen molar-refractivity contribution in [3.63, 3.8) is 0 Å². The lowest BCUT2D eigenvalue weighted by Gasteiger charge is -2.10. The Morgan fingerprint density at radius 1 is 0.966 bits per heavy atom. The zero-order valence-electron chi connectivity index (χ0n) is 15.8. The summed E-state index contributed by atoms with van der Waals surface area (Å²) >= 11 is 0. The standard InChI is InChI=1S/C21H17N5O3/c1-14-12-15(2)25(24-14)19-13-20(23-21(22-19)16-6-4-3-5-7-16)29-18-10-8-17(9-11-18)26(27)28/h3-13H,1-2H3. The van der Waals surface area contributed by atoms with Crippen molar-refractivity contribution >= 4 is 5.69 Å². The topological polar surface area (TPSA) is 96.0 Å². The number of aryl methyl sites for hydroxylation is 2. The van der Waals surface area contributed by atoms with Crippen molar-refractivity contribution in [1.29, 1.82) is 0 Å². The molecule has 144 valence electrons. The minimum Gasteiger partial charge on any atom is -0.439 e. The summed E-state index contributed by atoms with van der Waals surface area (Å²) in [7, 11) is 0. The van der Waals surface area contributed by atoms with Crippen LogP contribution in [-0.2, 0) is 0 Å². The summed E-state index contributed by atoms with van der Waals surface area (Å²) in [5, 5.41) is 15.3. The number of benzene rings is 2. The minimum atomic E-state index is -0.455. The Hall–Kier alpha value is -4.07. The molecule has 0 unspecified atom stereocenters. The van der Waals surface area contributed by atoms with Gasteiger partial charge in [0.1, 0.15) is 5.75 Å². The number of ether oxygens (including phenoxy) is 1. The van der Waals surface area contributed by atoms with Gasteiger partial charge in [0, 0.05) is 29.5 Å². The molecule has 8 heteroatoms. The number of rotatable bonds is 5. The van der Waals surface area contributed by atoms with E-state index in [0.717, 1.165) is 17.0 Å². The largest absolute Gasteiger partial charge is 0.439 e. The third-order valence-corrected chi connectivity index (χ3v) is 4.22. The van der Waals surface area contributed by atoms with Crippen LogP contribution in [0.2, 0.25) is 0 Å². The van der Waals surface area contributed by atoms with Crippen molar-refractivity contribution in [2.45, 2.75) is 13.8 Å². The maximum Gasteiger partial charge on any atom is 0.269 e. The summed E-state index contributed by atoms with van der Waals surface area (Å²) in [5.41, 5.74) is 2.64. The van der Waals surface area contributed by atoms with E-state index >= 15 is 0 Å². The first kappa shape index (κ1) is 18.3. The lowest BCUT2D eigenvalue weighted by molar-refractivity contribution is -0.384. The molecule has 0 saturated heterocycles. The van der Waals surface area contributed by atoms with Crippen LogP contribution in [-0.4, -0.2) is 24.7 Å². The van der Waals surface area contributed by atoms with Gasteiger partial charge in [0.05, 0.1) is 10.6 Å². The highest BCUT2D eigenvalue weighted by Crippen LogP contribution is 2.26. The van der Waals surface area contributed by atoms with Gasteiger partial charge in [-0.2, -0.15) is 10.1 Å². The molecule has 0 bridgehead atoms. The first-order valence-electron chi connectivity index (χ1n) is 8.90. The Morgan fingerprint density at radius 2 is 1.69 bits per heavy atom. The molecule has 2 aromatic carbocycles. The predicted octanol–water partition coefficient (Wildman–Crippen LogP) is 4.65. The molecular formula is C21H17N5O3. The first-order valence-corrected chi connectivity index (χ1v) is 8.90. The molecule has 0 N–H and O–H groups in total. The number of nitro groups is 1. The lowest BCUT2D eigenvalue weighted by Crippen LogP contribution is -2.05. The Bertz CT molecular complexity index is 1170. The number of nitrogens with zero attached hydrogens (tertiary/aromatic N) is 5. The highest BCUT2D eigenvalue weighted by molar-refractivity contribution is 5.57. The predicted molar refractivity (Wildman–Crippen MR) is 107 cm³/mol. The van der Waals surface area contributed by atoms with Crippen LogP contribution in [0.4, 0.5) is 5.69 Å². The highest BCUT2D eigenvalue weighted by Gasteiger charge is 2.13. The first-order chi connectivity index (χ1) is 14.0. The second-order valence-electron chi connectivity index (χ2n) is 6.45. The molecule has 0 radical (unpaired) electrons. The average Bonchev–Trinajstić information content (AvgIpc) is 3.07. The Kier molecular flexibility index (Phi) is 4.74. The molecule has 2 aromatic heterocycles. The van der Waals surface area contributed by atoms with Gasteiger partial charge in [-0.3, -0.25) is 10.1 Å². The van der Waals surface area contributed by atoms with Gasteiger partial charge in [-0.15, -0.1) is 0 Å². The van der Waals surface area contributed by atoms with Gasteiger partial charge in [0.15, 0.2) is 11.6 Å². The fourth-order valence-electron chi connectivity index (χ4n) is 2.91. The number of hydrogen-bond donors (Lipinski definition) is 0. The van der Waals surface area contributed by atoms with Crippen molar-refractivity contribution in [1.82, 2.24) is 19.7 Å². The van der Waals surface area contributed by atoms with E-state index < -0.39 is 4.92 Å². The monoisotopic (exact) mass is 387 g/mol. The maximum absolute atomic E-state index is 10.8. The summed E-state index contributed by atoms with van der Waals surface area (Å²) in [4.78, 5) is 19.5. The van der Waals surface area contributed by atoms with Gasteiger partial charge in [-0.1, -0.05) is 30.3 Å². The van der Waals surface area contributed by atoms with E-state index in [1.165, 1.54) is 24.3 Å². The molecule has 4 rings (SSSR count). The van der Waals surface area contributed by atoms with E-state index in [0.29, 0.717) is 23.3 Å². The third kappa shape index (κ3) is 3.96. The van der Waals surface area contributed by atoms with Crippen LogP contribution in [0, 0.1) is 24.0 Å². The van der Waals surface area contributed by atoms with E-state index in [9.17, 15) is 10.1 Å². The van der Waals surface area contributed by atoms with Crippen LogP contribution in [0.25, 0.3) is 17.2 Å². The SMILES string of the molecule is Cc1cc(C)n(-c2cc(Oc3ccc([N+](=O)[O-])cc3)nc(-c3ccccc3)n2)n1. The van der Waals surface area contributed by atoms with Crippen molar-refractivity contribution in [2.75, 3.05) is 0 Å². The van der Waals surface area contributed by atoms with Gasteiger partial charge in [0.25, 0.3) is 5.69 Å². The molecule has 0 spiro atoms. The van der Waals surface area contributed by atoms with E-state index in [-0.39, 0.29) is 5.69 Å². The van der Waals surface area contributed by atoms with Crippen molar-refractivity contribution in [3.8, 4) is 28.8 Å². The zero-order chi connectivity index (χ0) is 20.4. The van der Waals surface area contributed by atoms with Crippen LogP contribution in [0.1, 0.15) is 11.4 Å². The molecule has 0 saturated carbocycles. The highest BCUT2D eigenvalue weighted by atomic mass is 16.6. The third-order valence-electron chi connectivity index (χ3n) is 4.22. The normalized spacial score (nSPS) is 10.7. The zero-order valence-corrected chi connectivity index (χ0v) is 15.8. The van der Waals surface area contributed by atoms with Gasteiger partial charge in [-0.05, 0) is 32.0 Å². The molecule has 2 heterocycles. The summed E-state index contributed by atoms with van der Waals surface area (Å²) in [6.45, 7) is 3.86. The molecule has 0 aliphatic rings. The van der Waals surface area contributed by atoms with E-state index in [1.54, 1.807) is 10.7 Å². The summed E-state index contributed by atoms with van der Waals surface area (Å²) < 4.78 is 7.60. The number of nitro benzene ring substituents is 1. The van der Waals surface area contributed by atoms with Crippen molar-refractivity contribution in [2.24, 2.45) is 0 Å². The van der Waals surface area contributed by atoms with Crippen molar-refractivity contribution < 1.29 is 9.66 Å². The smallest absolute Gasteiger partial charge is 0.269 e. The summed E-state index contributed by atoms with van der Waals surface area (Å²) in [6, 6.07) is 19.0.